The second-order valence-corrected chi connectivity index (χ2v) is 4.19. The monoisotopic (exact) mass is 251 g/mol. The molecule has 4 heteroatoms. The zero-order valence-electron chi connectivity index (χ0n) is 11.2. The van der Waals surface area contributed by atoms with Crippen LogP contribution in [0.15, 0.2) is 24.3 Å². The Morgan fingerprint density at radius 3 is 2.72 bits per heavy atom. The zero-order valence-corrected chi connectivity index (χ0v) is 11.2. The molecule has 1 N–H and O–H groups in total. The highest BCUT2D eigenvalue weighted by atomic mass is 16.5. The first-order valence-corrected chi connectivity index (χ1v) is 6.06. The molecule has 18 heavy (non-hydrogen) atoms. The molecule has 0 fully saturated rings. The Kier molecular flexibility index (Phi) is 6.39. The summed E-state index contributed by atoms with van der Waals surface area (Å²) in [6, 6.07) is 8.00. The van der Waals surface area contributed by atoms with Crippen LogP contribution in [0.1, 0.15) is 24.1 Å². The number of nitrogens with one attached hydrogen (secondary N) is 1. The molecule has 0 aromatic heterocycles. The minimum absolute atomic E-state index is 0.00951. The van der Waals surface area contributed by atoms with Gasteiger partial charge in [0.1, 0.15) is 6.61 Å². The predicted molar refractivity (Wildman–Crippen MR) is 70.4 cm³/mol. The van der Waals surface area contributed by atoms with Crippen LogP contribution < -0.4 is 5.32 Å². The molecular formula is C14H21NO3. The van der Waals surface area contributed by atoms with Crippen molar-refractivity contribution in [3.8, 4) is 0 Å². The Labute approximate surface area is 108 Å². The summed E-state index contributed by atoms with van der Waals surface area (Å²) >= 11 is 0. The molecule has 0 aliphatic carbocycles. The molecule has 1 rings (SSSR count). The molecule has 0 radical (unpaired) electrons. The molecule has 1 amide bonds. The van der Waals surface area contributed by atoms with Gasteiger partial charge in [0.2, 0.25) is 5.91 Å². The predicted octanol–water partition coefficient (Wildman–Crippen LogP) is 1.84. The second kappa shape index (κ2) is 7.84. The Balaban J connectivity index is 2.38. The molecule has 1 atom stereocenters. The van der Waals surface area contributed by atoms with Crippen molar-refractivity contribution in [1.82, 2.24) is 5.32 Å². The van der Waals surface area contributed by atoms with Gasteiger partial charge in [-0.15, -0.1) is 0 Å². The molecule has 4 nitrogen and oxygen atoms in total. The van der Waals surface area contributed by atoms with E-state index < -0.39 is 0 Å². The summed E-state index contributed by atoms with van der Waals surface area (Å²) in [6.45, 7) is 5.01. The summed E-state index contributed by atoms with van der Waals surface area (Å²) in [5.74, 6) is -0.109. The van der Waals surface area contributed by atoms with Crippen LogP contribution in [-0.2, 0) is 14.3 Å². The van der Waals surface area contributed by atoms with Gasteiger partial charge in [-0.05, 0) is 25.0 Å². The van der Waals surface area contributed by atoms with Crippen LogP contribution >= 0.6 is 0 Å². The maximum absolute atomic E-state index is 11.6. The molecular weight excluding hydrogens is 230 g/mol. The van der Waals surface area contributed by atoms with Crippen LogP contribution in [0, 0.1) is 6.92 Å². The van der Waals surface area contributed by atoms with Crippen molar-refractivity contribution in [1.29, 1.82) is 0 Å². The normalized spacial score (nSPS) is 12.2. The fraction of sp³-hybridized carbons (Fsp3) is 0.500. The highest BCUT2D eigenvalue weighted by Crippen LogP contribution is 2.16. The molecule has 1 aromatic carbocycles. The number of methoxy groups -OCH3 is 1. The van der Waals surface area contributed by atoms with Crippen molar-refractivity contribution in [2.75, 3.05) is 26.9 Å². The number of carbonyl (C=O) groups excluding carboxylic acids is 1. The number of rotatable bonds is 7. The third-order valence-electron chi connectivity index (χ3n) is 2.70. The van der Waals surface area contributed by atoms with Gasteiger partial charge in [-0.25, -0.2) is 0 Å². The molecule has 0 unspecified atom stereocenters. The maximum atomic E-state index is 11.6. The lowest BCUT2D eigenvalue weighted by Crippen LogP contribution is -2.30. The average Bonchev–Trinajstić information content (AvgIpc) is 2.35. The summed E-state index contributed by atoms with van der Waals surface area (Å²) in [6.07, 6.45) is 0. The number of carbonyl (C=O) groups is 1. The third kappa shape index (κ3) is 4.85. The molecule has 1 aromatic rings. The van der Waals surface area contributed by atoms with Gasteiger partial charge in [0.25, 0.3) is 0 Å². The largest absolute Gasteiger partial charge is 0.382 e. The third-order valence-corrected chi connectivity index (χ3v) is 2.70. The number of aryl methyl sites for hydroxylation is 1. The van der Waals surface area contributed by atoms with Crippen molar-refractivity contribution in [3.05, 3.63) is 35.4 Å². The minimum atomic E-state index is -0.109. The molecule has 100 valence electrons. The van der Waals surface area contributed by atoms with E-state index in [-0.39, 0.29) is 18.6 Å². The maximum Gasteiger partial charge on any atom is 0.246 e. The standard InChI is InChI=1S/C14H21NO3/c1-11-6-4-5-7-13(11)12(2)15-14(16)10-18-9-8-17-3/h4-7,12H,8-10H2,1-3H3,(H,15,16)/t12-/m0/s1. The van der Waals surface area contributed by atoms with Gasteiger partial charge in [0.15, 0.2) is 0 Å². The van der Waals surface area contributed by atoms with Gasteiger partial charge in [-0.3, -0.25) is 4.79 Å². The summed E-state index contributed by atoms with van der Waals surface area (Å²) in [5, 5.41) is 2.91. The van der Waals surface area contributed by atoms with Crippen molar-refractivity contribution < 1.29 is 14.3 Å². The highest BCUT2D eigenvalue weighted by molar-refractivity contribution is 5.77. The van der Waals surface area contributed by atoms with E-state index in [4.69, 9.17) is 9.47 Å². The summed E-state index contributed by atoms with van der Waals surface area (Å²) < 4.78 is 10.00. The van der Waals surface area contributed by atoms with Crippen molar-refractivity contribution in [3.63, 3.8) is 0 Å². The lowest BCUT2D eigenvalue weighted by Gasteiger charge is -2.16. The molecule has 0 heterocycles. The van der Waals surface area contributed by atoms with Gasteiger partial charge in [0.05, 0.1) is 19.3 Å². The minimum Gasteiger partial charge on any atom is -0.382 e. The van der Waals surface area contributed by atoms with E-state index in [0.717, 1.165) is 5.56 Å². The van der Waals surface area contributed by atoms with Gasteiger partial charge in [-0.1, -0.05) is 24.3 Å². The molecule has 0 bridgehead atoms. The summed E-state index contributed by atoms with van der Waals surface area (Å²) in [5.41, 5.74) is 2.30. The number of benzene rings is 1. The Morgan fingerprint density at radius 2 is 2.06 bits per heavy atom. The number of ether oxygens (including phenoxy) is 2. The Hall–Kier alpha value is -1.39. The number of hydrogen-bond donors (Lipinski definition) is 1. The summed E-state index contributed by atoms with van der Waals surface area (Å²) in [7, 11) is 1.60. The molecule has 0 saturated carbocycles. The van der Waals surface area contributed by atoms with E-state index in [9.17, 15) is 4.79 Å². The van der Waals surface area contributed by atoms with E-state index in [1.807, 2.05) is 38.1 Å². The molecule has 0 saturated heterocycles. The van der Waals surface area contributed by atoms with Crippen LogP contribution in [0.4, 0.5) is 0 Å². The smallest absolute Gasteiger partial charge is 0.246 e. The SMILES string of the molecule is COCCOCC(=O)N[C@@H](C)c1ccccc1C. The number of amides is 1. The first kappa shape index (κ1) is 14.7. The first-order valence-electron chi connectivity index (χ1n) is 6.06. The first-order chi connectivity index (χ1) is 8.65. The van der Waals surface area contributed by atoms with Gasteiger partial charge in [0, 0.05) is 7.11 Å². The Bertz CT molecular complexity index is 379. The number of hydrogen-bond acceptors (Lipinski definition) is 3. The molecule has 0 aliphatic heterocycles. The molecule has 0 aliphatic rings. The second-order valence-electron chi connectivity index (χ2n) is 4.19. The fourth-order valence-electron chi connectivity index (χ4n) is 1.74. The van der Waals surface area contributed by atoms with Crippen LogP contribution in [0.2, 0.25) is 0 Å². The highest BCUT2D eigenvalue weighted by Gasteiger charge is 2.10. The van der Waals surface area contributed by atoms with E-state index >= 15 is 0 Å². The van der Waals surface area contributed by atoms with Gasteiger partial charge < -0.3 is 14.8 Å². The van der Waals surface area contributed by atoms with E-state index in [1.165, 1.54) is 5.56 Å². The quantitative estimate of drug-likeness (QED) is 0.752. The lowest BCUT2D eigenvalue weighted by atomic mass is 10.0. The Morgan fingerprint density at radius 1 is 1.33 bits per heavy atom. The van der Waals surface area contributed by atoms with Crippen LogP contribution in [-0.4, -0.2) is 32.8 Å². The zero-order chi connectivity index (χ0) is 13.4. The summed E-state index contributed by atoms with van der Waals surface area (Å²) in [4.78, 5) is 11.6. The van der Waals surface area contributed by atoms with Crippen molar-refractivity contribution in [2.24, 2.45) is 0 Å². The van der Waals surface area contributed by atoms with E-state index in [0.29, 0.717) is 13.2 Å². The van der Waals surface area contributed by atoms with E-state index in [2.05, 4.69) is 5.32 Å². The van der Waals surface area contributed by atoms with Crippen molar-refractivity contribution in [2.45, 2.75) is 19.9 Å². The average molecular weight is 251 g/mol. The fourth-order valence-corrected chi connectivity index (χ4v) is 1.74. The van der Waals surface area contributed by atoms with Crippen molar-refractivity contribution >= 4 is 5.91 Å². The lowest BCUT2D eigenvalue weighted by molar-refractivity contribution is -0.126. The van der Waals surface area contributed by atoms with Crippen LogP contribution in [0.5, 0.6) is 0 Å². The topological polar surface area (TPSA) is 47.6 Å². The van der Waals surface area contributed by atoms with Gasteiger partial charge in [-0.2, -0.15) is 0 Å². The van der Waals surface area contributed by atoms with Crippen LogP contribution in [0.25, 0.3) is 0 Å². The molecule has 0 spiro atoms. The van der Waals surface area contributed by atoms with E-state index in [1.54, 1.807) is 7.11 Å². The van der Waals surface area contributed by atoms with Gasteiger partial charge >= 0.3 is 0 Å². The van der Waals surface area contributed by atoms with Crippen LogP contribution in [0.3, 0.4) is 0 Å².